The minimum absolute atomic E-state index is 0.212. The van der Waals surface area contributed by atoms with E-state index in [4.69, 9.17) is 5.21 Å². The summed E-state index contributed by atoms with van der Waals surface area (Å²) in [6.07, 6.45) is 1.24. The van der Waals surface area contributed by atoms with Gasteiger partial charge in [-0.2, -0.15) is 0 Å². The molecule has 0 unspecified atom stereocenters. The van der Waals surface area contributed by atoms with Crippen LogP contribution in [0.25, 0.3) is 0 Å². The van der Waals surface area contributed by atoms with E-state index in [0.29, 0.717) is 5.56 Å². The molecule has 18 heavy (non-hydrogen) atoms. The molecule has 0 aliphatic carbocycles. The largest absolute Gasteiger partial charge is 0.411 e. The van der Waals surface area contributed by atoms with Gasteiger partial charge < -0.3 is 5.21 Å². The first-order chi connectivity index (χ1) is 8.64. The molecule has 2 rings (SSSR count). The quantitative estimate of drug-likeness (QED) is 0.524. The van der Waals surface area contributed by atoms with E-state index in [9.17, 15) is 8.42 Å². The Hall–Kier alpha value is -2.14. The van der Waals surface area contributed by atoms with Crippen LogP contribution >= 0.6 is 0 Å². The second kappa shape index (κ2) is 5.01. The van der Waals surface area contributed by atoms with Gasteiger partial charge in [0.25, 0.3) is 0 Å². The van der Waals surface area contributed by atoms with Crippen molar-refractivity contribution in [3.8, 4) is 0 Å². The number of nitrogens with zero attached hydrogens (tertiary/aromatic N) is 1. The fourth-order valence-electron chi connectivity index (χ4n) is 1.54. The summed E-state index contributed by atoms with van der Waals surface area (Å²) in [5, 5.41) is 11.3. The van der Waals surface area contributed by atoms with E-state index < -0.39 is 9.84 Å². The molecule has 0 radical (unpaired) electrons. The molecule has 0 saturated carbocycles. The molecule has 92 valence electrons. The summed E-state index contributed by atoms with van der Waals surface area (Å²) in [6.45, 7) is 0. The molecule has 2 aromatic carbocycles. The topological polar surface area (TPSA) is 66.7 Å². The SMILES string of the molecule is O=S(=O)(c1ccccc1)c1ccc(/C=N/O)cc1. The minimum Gasteiger partial charge on any atom is -0.411 e. The molecule has 0 saturated heterocycles. The minimum atomic E-state index is -3.48. The van der Waals surface area contributed by atoms with Gasteiger partial charge in [0.05, 0.1) is 16.0 Å². The molecule has 0 fully saturated rings. The average Bonchev–Trinajstić information content (AvgIpc) is 2.41. The first-order valence-corrected chi connectivity index (χ1v) is 6.70. The Morgan fingerprint density at radius 2 is 1.44 bits per heavy atom. The van der Waals surface area contributed by atoms with Gasteiger partial charge in [-0.15, -0.1) is 0 Å². The predicted molar refractivity (Wildman–Crippen MR) is 67.7 cm³/mol. The van der Waals surface area contributed by atoms with E-state index in [1.54, 1.807) is 42.5 Å². The Bertz CT molecular complexity index is 646. The number of oxime groups is 1. The highest BCUT2D eigenvalue weighted by Gasteiger charge is 2.16. The zero-order chi connectivity index (χ0) is 13.0. The van der Waals surface area contributed by atoms with Gasteiger partial charge in [0.1, 0.15) is 0 Å². The Morgan fingerprint density at radius 3 is 2.00 bits per heavy atom. The third-order valence-electron chi connectivity index (χ3n) is 2.45. The third kappa shape index (κ3) is 2.41. The molecule has 5 heteroatoms. The summed E-state index contributed by atoms with van der Waals surface area (Å²) in [6, 6.07) is 14.4. The fourth-order valence-corrected chi connectivity index (χ4v) is 2.82. The van der Waals surface area contributed by atoms with Crippen molar-refractivity contribution in [2.75, 3.05) is 0 Å². The van der Waals surface area contributed by atoms with E-state index in [-0.39, 0.29) is 9.79 Å². The van der Waals surface area contributed by atoms with E-state index in [1.807, 2.05) is 0 Å². The molecule has 1 N–H and O–H groups in total. The van der Waals surface area contributed by atoms with Crippen LogP contribution in [0.3, 0.4) is 0 Å². The predicted octanol–water partition coefficient (Wildman–Crippen LogP) is 2.33. The smallest absolute Gasteiger partial charge is 0.206 e. The normalized spacial score (nSPS) is 11.8. The van der Waals surface area contributed by atoms with Crippen molar-refractivity contribution in [3.05, 3.63) is 60.2 Å². The van der Waals surface area contributed by atoms with Crippen LogP contribution < -0.4 is 0 Å². The standard InChI is InChI=1S/C13H11NO3S/c15-14-10-11-6-8-13(9-7-11)18(16,17)12-4-2-1-3-5-12/h1-10,15H/b14-10+. The molecule has 4 nitrogen and oxygen atoms in total. The van der Waals surface area contributed by atoms with E-state index in [2.05, 4.69) is 5.16 Å². The molecule has 0 amide bonds. The molecule has 0 heterocycles. The van der Waals surface area contributed by atoms with Crippen LogP contribution in [0.2, 0.25) is 0 Å². The van der Waals surface area contributed by atoms with Crippen LogP contribution in [-0.4, -0.2) is 19.8 Å². The van der Waals surface area contributed by atoms with E-state index >= 15 is 0 Å². The molecule has 0 spiro atoms. The molecular weight excluding hydrogens is 250 g/mol. The van der Waals surface area contributed by atoms with Crippen LogP contribution in [0, 0.1) is 0 Å². The number of sulfone groups is 1. The van der Waals surface area contributed by atoms with Gasteiger partial charge in [-0.1, -0.05) is 35.5 Å². The van der Waals surface area contributed by atoms with E-state index in [1.165, 1.54) is 18.3 Å². The van der Waals surface area contributed by atoms with Crippen molar-refractivity contribution in [1.82, 2.24) is 0 Å². The van der Waals surface area contributed by atoms with Crippen molar-refractivity contribution >= 4 is 16.1 Å². The summed E-state index contributed by atoms with van der Waals surface area (Å²) < 4.78 is 24.4. The van der Waals surface area contributed by atoms with E-state index in [0.717, 1.165) is 0 Å². The molecular formula is C13H11NO3S. The highest BCUT2D eigenvalue weighted by atomic mass is 32.2. The van der Waals surface area contributed by atoms with Crippen molar-refractivity contribution in [3.63, 3.8) is 0 Å². The number of hydrogen-bond donors (Lipinski definition) is 1. The first-order valence-electron chi connectivity index (χ1n) is 5.22. The molecule has 0 aliphatic rings. The highest BCUT2D eigenvalue weighted by molar-refractivity contribution is 7.91. The van der Waals surface area contributed by atoms with Crippen LogP contribution in [-0.2, 0) is 9.84 Å². The van der Waals surface area contributed by atoms with Crippen LogP contribution in [0.1, 0.15) is 5.56 Å². The maximum absolute atomic E-state index is 12.2. The van der Waals surface area contributed by atoms with Crippen molar-refractivity contribution < 1.29 is 13.6 Å². The summed E-state index contributed by atoms with van der Waals surface area (Å²) in [4.78, 5) is 0.470. The zero-order valence-corrected chi connectivity index (χ0v) is 10.2. The van der Waals surface area contributed by atoms with Gasteiger partial charge in [-0.25, -0.2) is 8.42 Å². The lowest BCUT2D eigenvalue weighted by molar-refractivity contribution is 0.322. The molecule has 0 atom stereocenters. The molecule has 0 aromatic heterocycles. The second-order valence-corrected chi connectivity index (χ2v) is 5.58. The molecule has 2 aromatic rings. The zero-order valence-electron chi connectivity index (χ0n) is 9.39. The second-order valence-electron chi connectivity index (χ2n) is 3.63. The Morgan fingerprint density at radius 1 is 0.889 bits per heavy atom. The number of hydrogen-bond acceptors (Lipinski definition) is 4. The Balaban J connectivity index is 2.43. The van der Waals surface area contributed by atoms with Crippen LogP contribution in [0.15, 0.2) is 69.5 Å². The molecule has 0 aliphatic heterocycles. The third-order valence-corrected chi connectivity index (χ3v) is 4.24. The van der Waals surface area contributed by atoms with Gasteiger partial charge >= 0.3 is 0 Å². The summed E-state index contributed by atoms with van der Waals surface area (Å²) in [5.41, 5.74) is 0.629. The van der Waals surface area contributed by atoms with Gasteiger partial charge in [0.15, 0.2) is 0 Å². The maximum Gasteiger partial charge on any atom is 0.206 e. The maximum atomic E-state index is 12.2. The van der Waals surface area contributed by atoms with Gasteiger partial charge in [-0.05, 0) is 29.8 Å². The van der Waals surface area contributed by atoms with Crippen molar-refractivity contribution in [2.45, 2.75) is 9.79 Å². The lowest BCUT2D eigenvalue weighted by Crippen LogP contribution is -2.01. The van der Waals surface area contributed by atoms with Gasteiger partial charge in [0, 0.05) is 0 Å². The monoisotopic (exact) mass is 261 g/mol. The van der Waals surface area contributed by atoms with Crippen LogP contribution in [0.4, 0.5) is 0 Å². The fraction of sp³-hybridized carbons (Fsp3) is 0. The lowest BCUT2D eigenvalue weighted by atomic mass is 10.2. The number of rotatable bonds is 3. The summed E-state index contributed by atoms with van der Waals surface area (Å²) in [7, 11) is -3.48. The first kappa shape index (κ1) is 12.3. The van der Waals surface area contributed by atoms with Crippen molar-refractivity contribution in [1.29, 1.82) is 0 Å². The average molecular weight is 261 g/mol. The Labute approximate surface area is 105 Å². The number of benzene rings is 2. The summed E-state index contributed by atoms with van der Waals surface area (Å²) in [5.74, 6) is 0. The Kier molecular flexibility index (Phi) is 3.43. The van der Waals surface area contributed by atoms with Gasteiger partial charge in [0.2, 0.25) is 9.84 Å². The molecule has 0 bridgehead atoms. The summed E-state index contributed by atoms with van der Waals surface area (Å²) >= 11 is 0. The lowest BCUT2D eigenvalue weighted by Gasteiger charge is -2.04. The highest BCUT2D eigenvalue weighted by Crippen LogP contribution is 2.20. The van der Waals surface area contributed by atoms with Crippen LogP contribution in [0.5, 0.6) is 0 Å². The van der Waals surface area contributed by atoms with Gasteiger partial charge in [-0.3, -0.25) is 0 Å². The van der Waals surface area contributed by atoms with Crippen molar-refractivity contribution in [2.24, 2.45) is 5.16 Å².